The zero-order valence-electron chi connectivity index (χ0n) is 22.9. The second kappa shape index (κ2) is 13.0. The molecule has 0 radical (unpaired) electrons. The standard InChI is InChI=1S/C19H30N4O3S.C6H16N2/c1-13(12-22(2)3)23(4)27(25,26)21-19(24)20-18-16-9-5-7-14(16)11-15-8-6-10-17(15)18;1-6(7-2)5-8(3)4/h11,13H,5-10,12H2,1-4H3,(H2,20,21,24);6-7H,5H2,1-4H3. The number of benzene rings is 1. The topological polar surface area (TPSA) is 97.0 Å². The molecule has 0 fully saturated rings. The third-order valence-electron chi connectivity index (χ3n) is 6.69. The number of likely N-dealkylation sites (N-methyl/N-ethyl adjacent to an activating group) is 4. The van der Waals surface area contributed by atoms with Crippen LogP contribution in [0.2, 0.25) is 0 Å². The quantitative estimate of drug-likeness (QED) is 0.471. The number of hydrogen-bond donors (Lipinski definition) is 3. The van der Waals surface area contributed by atoms with Crippen LogP contribution in [0.5, 0.6) is 0 Å². The van der Waals surface area contributed by atoms with Crippen molar-refractivity contribution in [2.45, 2.75) is 64.5 Å². The summed E-state index contributed by atoms with van der Waals surface area (Å²) < 4.78 is 28.5. The fourth-order valence-electron chi connectivity index (χ4n) is 4.81. The number of carbonyl (C=O) groups is 1. The average Bonchev–Trinajstić information content (AvgIpc) is 3.41. The Balaban J connectivity index is 0.000000466. The van der Waals surface area contributed by atoms with Crippen molar-refractivity contribution in [2.75, 3.05) is 60.7 Å². The van der Waals surface area contributed by atoms with E-state index in [2.05, 4.69) is 47.3 Å². The van der Waals surface area contributed by atoms with Crippen molar-refractivity contribution in [1.82, 2.24) is 24.1 Å². The number of fused-ring (bicyclic) bond motifs is 2. The van der Waals surface area contributed by atoms with E-state index in [9.17, 15) is 13.2 Å². The third kappa shape index (κ3) is 8.42. The van der Waals surface area contributed by atoms with E-state index in [4.69, 9.17) is 0 Å². The van der Waals surface area contributed by atoms with Gasteiger partial charge in [-0.2, -0.15) is 12.7 Å². The summed E-state index contributed by atoms with van der Waals surface area (Å²) in [5.41, 5.74) is 5.79. The van der Waals surface area contributed by atoms with Gasteiger partial charge in [0.2, 0.25) is 0 Å². The van der Waals surface area contributed by atoms with Gasteiger partial charge in [-0.1, -0.05) is 6.07 Å². The van der Waals surface area contributed by atoms with Crippen molar-refractivity contribution < 1.29 is 13.2 Å². The molecule has 2 aliphatic rings. The Bertz CT molecular complexity index is 932. The Morgan fingerprint density at radius 2 is 1.43 bits per heavy atom. The molecule has 2 aliphatic carbocycles. The van der Waals surface area contributed by atoms with Gasteiger partial charge in [0, 0.05) is 37.9 Å². The van der Waals surface area contributed by atoms with Crippen LogP contribution in [0.25, 0.3) is 0 Å². The monoisotopic (exact) mass is 510 g/mol. The van der Waals surface area contributed by atoms with E-state index in [1.54, 1.807) is 0 Å². The molecule has 200 valence electrons. The molecule has 2 unspecified atom stereocenters. The van der Waals surface area contributed by atoms with Crippen molar-refractivity contribution in [3.63, 3.8) is 0 Å². The minimum Gasteiger partial charge on any atom is -0.316 e. The number of aryl methyl sites for hydroxylation is 2. The molecular weight excluding hydrogens is 464 g/mol. The number of urea groups is 1. The Kier molecular flexibility index (Phi) is 11.0. The van der Waals surface area contributed by atoms with Gasteiger partial charge in [0.25, 0.3) is 0 Å². The summed E-state index contributed by atoms with van der Waals surface area (Å²) in [5, 5.41) is 6.02. The van der Waals surface area contributed by atoms with Crippen LogP contribution < -0.4 is 15.4 Å². The first-order valence-electron chi connectivity index (χ1n) is 12.6. The van der Waals surface area contributed by atoms with Crippen LogP contribution in [0.15, 0.2) is 6.07 Å². The van der Waals surface area contributed by atoms with Crippen molar-refractivity contribution >= 4 is 21.9 Å². The van der Waals surface area contributed by atoms with Crippen LogP contribution in [-0.4, -0.2) is 96.0 Å². The molecule has 0 saturated carbocycles. The smallest absolute Gasteiger partial charge is 0.316 e. The number of anilines is 1. The Hall–Kier alpha value is -1.72. The molecule has 9 nitrogen and oxygen atoms in total. The van der Waals surface area contributed by atoms with Crippen molar-refractivity contribution in [2.24, 2.45) is 0 Å². The summed E-state index contributed by atoms with van der Waals surface area (Å²) in [5.74, 6) is 0. The predicted molar refractivity (Wildman–Crippen MR) is 144 cm³/mol. The summed E-state index contributed by atoms with van der Waals surface area (Å²) in [6.07, 6.45) is 6.09. The lowest BCUT2D eigenvalue weighted by Gasteiger charge is -2.26. The maximum Gasteiger partial charge on any atom is 0.333 e. The molecule has 3 N–H and O–H groups in total. The van der Waals surface area contributed by atoms with Gasteiger partial charge in [0.15, 0.2) is 0 Å². The molecule has 0 heterocycles. The second-order valence-electron chi connectivity index (χ2n) is 10.4. The SMILES string of the molecule is CC(CN(C)C)N(C)S(=O)(=O)NC(=O)Nc1c2c(cc3c1CCC3)CCC2.CNC(C)CN(C)C. The summed E-state index contributed by atoms with van der Waals surface area (Å²) in [4.78, 5) is 16.6. The third-order valence-corrected chi connectivity index (χ3v) is 8.26. The zero-order valence-corrected chi connectivity index (χ0v) is 23.7. The van der Waals surface area contributed by atoms with Crippen molar-refractivity contribution in [3.05, 3.63) is 28.3 Å². The van der Waals surface area contributed by atoms with Crippen molar-refractivity contribution in [1.29, 1.82) is 0 Å². The lowest BCUT2D eigenvalue weighted by Crippen LogP contribution is -2.49. The number of nitrogens with one attached hydrogen (secondary N) is 3. The number of hydrogen-bond acceptors (Lipinski definition) is 6. The highest BCUT2D eigenvalue weighted by Gasteiger charge is 2.28. The minimum absolute atomic E-state index is 0.254. The molecule has 1 aromatic rings. The summed E-state index contributed by atoms with van der Waals surface area (Å²) in [7, 11) is 7.48. The van der Waals surface area contributed by atoms with Gasteiger partial charge in [-0.25, -0.2) is 9.52 Å². The molecule has 0 bridgehead atoms. The number of nitrogens with zero attached hydrogens (tertiary/aromatic N) is 3. The van der Waals surface area contributed by atoms with Gasteiger partial charge < -0.3 is 20.4 Å². The van der Waals surface area contributed by atoms with Crippen molar-refractivity contribution in [3.8, 4) is 0 Å². The largest absolute Gasteiger partial charge is 0.333 e. The van der Waals surface area contributed by atoms with Crippen LogP contribution in [0.4, 0.5) is 10.5 Å². The van der Waals surface area contributed by atoms with E-state index in [1.165, 1.54) is 33.6 Å². The molecule has 0 aromatic heterocycles. The first-order valence-corrected chi connectivity index (χ1v) is 14.0. The van der Waals surface area contributed by atoms with Crippen LogP contribution in [-0.2, 0) is 35.9 Å². The molecule has 3 rings (SSSR count). The van der Waals surface area contributed by atoms with E-state index in [1.807, 2.05) is 33.0 Å². The van der Waals surface area contributed by atoms with Gasteiger partial charge in [-0.05, 0) is 110 Å². The van der Waals surface area contributed by atoms with Gasteiger partial charge in [-0.15, -0.1) is 0 Å². The average molecular weight is 511 g/mol. The van der Waals surface area contributed by atoms with E-state index in [0.717, 1.165) is 50.8 Å². The fraction of sp³-hybridized carbons (Fsp3) is 0.720. The van der Waals surface area contributed by atoms with Crippen LogP contribution >= 0.6 is 0 Å². The predicted octanol–water partition coefficient (Wildman–Crippen LogP) is 2.07. The summed E-state index contributed by atoms with van der Waals surface area (Å²) >= 11 is 0. The fourth-order valence-corrected chi connectivity index (χ4v) is 5.78. The highest BCUT2D eigenvalue weighted by molar-refractivity contribution is 7.87. The number of rotatable bonds is 9. The Morgan fingerprint density at radius 1 is 0.914 bits per heavy atom. The maximum atomic E-state index is 12.6. The van der Waals surface area contributed by atoms with Gasteiger partial charge in [0.05, 0.1) is 0 Å². The normalized spacial score (nSPS) is 16.5. The first-order chi connectivity index (χ1) is 16.4. The van der Waals surface area contributed by atoms with Crippen LogP contribution in [0.1, 0.15) is 48.9 Å². The summed E-state index contributed by atoms with van der Waals surface area (Å²) in [6, 6.07) is 1.94. The molecule has 0 aliphatic heterocycles. The molecule has 1 aromatic carbocycles. The lowest BCUT2D eigenvalue weighted by atomic mass is 9.99. The maximum absolute atomic E-state index is 12.6. The van der Waals surface area contributed by atoms with Gasteiger partial charge in [-0.3, -0.25) is 0 Å². The summed E-state index contributed by atoms with van der Waals surface area (Å²) in [6.45, 7) is 5.66. The van der Waals surface area contributed by atoms with Crippen LogP contribution in [0, 0.1) is 0 Å². The Labute approximate surface area is 212 Å². The molecule has 35 heavy (non-hydrogen) atoms. The lowest BCUT2D eigenvalue weighted by molar-refractivity contribution is 0.254. The molecule has 2 amide bonds. The van der Waals surface area contributed by atoms with E-state index in [-0.39, 0.29) is 6.04 Å². The first kappa shape index (κ1) is 29.5. The number of carbonyl (C=O) groups excluding carboxylic acids is 1. The minimum atomic E-state index is -3.91. The Morgan fingerprint density at radius 3 is 1.86 bits per heavy atom. The van der Waals surface area contributed by atoms with E-state index >= 15 is 0 Å². The van der Waals surface area contributed by atoms with Gasteiger partial charge in [0.1, 0.15) is 0 Å². The molecule has 0 spiro atoms. The highest BCUT2D eigenvalue weighted by Crippen LogP contribution is 2.38. The molecule has 10 heteroatoms. The number of amides is 2. The molecular formula is C25H46N6O3S. The second-order valence-corrected chi connectivity index (χ2v) is 12.1. The molecule has 2 atom stereocenters. The van der Waals surface area contributed by atoms with E-state index in [0.29, 0.717) is 12.6 Å². The van der Waals surface area contributed by atoms with Gasteiger partial charge >= 0.3 is 16.2 Å². The highest BCUT2D eigenvalue weighted by atomic mass is 32.2. The van der Waals surface area contributed by atoms with E-state index < -0.39 is 16.2 Å². The molecule has 0 saturated heterocycles. The zero-order chi connectivity index (χ0) is 26.3. The van der Waals surface area contributed by atoms with Crippen LogP contribution in [0.3, 0.4) is 0 Å².